The maximum atomic E-state index is 13.9. The van der Waals surface area contributed by atoms with Crippen LogP contribution in [-0.4, -0.2) is 45.9 Å². The summed E-state index contributed by atoms with van der Waals surface area (Å²) >= 11 is 6.13. The van der Waals surface area contributed by atoms with Gasteiger partial charge < -0.3 is 10.3 Å². The number of halogens is 2. The molecule has 7 heteroatoms. The van der Waals surface area contributed by atoms with E-state index in [1.807, 2.05) is 0 Å². The Morgan fingerprint density at radius 2 is 2.15 bits per heavy atom. The number of nitrogens with one attached hydrogen (secondary N) is 2. The Morgan fingerprint density at radius 1 is 1.41 bits per heavy atom. The molecule has 1 aromatic carbocycles. The Hall–Kier alpha value is -1.66. The van der Waals surface area contributed by atoms with Crippen molar-refractivity contribution < 1.29 is 9.18 Å². The second-order valence-electron chi connectivity index (χ2n) is 9.17. The molecule has 2 N–H and O–H groups in total. The highest BCUT2D eigenvalue weighted by molar-refractivity contribution is 6.34. The molecular weight excluding hydrogens is 367 g/mol. The fourth-order valence-corrected chi connectivity index (χ4v) is 5.12. The first-order valence-electron chi connectivity index (χ1n) is 9.69. The number of imidazole rings is 1. The summed E-state index contributed by atoms with van der Waals surface area (Å²) in [6.07, 6.45) is 5.32. The zero-order valence-electron chi connectivity index (χ0n) is 15.4. The summed E-state index contributed by atoms with van der Waals surface area (Å²) in [7, 11) is 0. The fraction of sp³-hybridized carbons (Fsp3) is 0.600. The van der Waals surface area contributed by atoms with Crippen LogP contribution in [0.5, 0.6) is 0 Å². The van der Waals surface area contributed by atoms with Gasteiger partial charge in [0.2, 0.25) is 5.91 Å². The van der Waals surface area contributed by atoms with Crippen LogP contribution < -0.4 is 5.32 Å². The molecule has 1 spiro atoms. The Bertz CT molecular complexity index is 869. The molecule has 2 aliphatic carbocycles. The summed E-state index contributed by atoms with van der Waals surface area (Å²) in [6.45, 7) is 4.64. The average Bonchev–Trinajstić information content (AvgIpc) is 3.09. The summed E-state index contributed by atoms with van der Waals surface area (Å²) in [4.78, 5) is 21.9. The van der Waals surface area contributed by atoms with Gasteiger partial charge in [0.05, 0.1) is 17.1 Å². The molecule has 2 saturated carbocycles. The van der Waals surface area contributed by atoms with Crippen LogP contribution in [-0.2, 0) is 11.2 Å². The number of hydrogen-bond acceptors (Lipinski definition) is 3. The van der Waals surface area contributed by atoms with Crippen molar-refractivity contribution in [3.05, 3.63) is 28.8 Å². The lowest BCUT2D eigenvalue weighted by Gasteiger charge is -2.59. The summed E-state index contributed by atoms with van der Waals surface area (Å²) in [5.41, 5.74) is 1.36. The number of benzene rings is 1. The van der Waals surface area contributed by atoms with Crippen molar-refractivity contribution in [3.63, 3.8) is 0 Å². The van der Waals surface area contributed by atoms with Gasteiger partial charge in [-0.3, -0.25) is 9.69 Å². The quantitative estimate of drug-likeness (QED) is 0.823. The predicted octanol–water partition coefficient (Wildman–Crippen LogP) is 3.28. The molecule has 5 rings (SSSR count). The van der Waals surface area contributed by atoms with E-state index < -0.39 is 0 Å². The third-order valence-electron chi connectivity index (χ3n) is 6.45. The molecule has 2 aromatic rings. The highest BCUT2D eigenvalue weighted by Gasteiger charge is 2.52. The number of likely N-dealkylation sites (tertiary alicyclic amines) is 1. The second kappa shape index (κ2) is 5.92. The van der Waals surface area contributed by atoms with E-state index in [9.17, 15) is 9.18 Å². The number of aromatic amines is 1. The summed E-state index contributed by atoms with van der Waals surface area (Å²) in [6, 6.07) is 2.92. The molecule has 5 nitrogen and oxygen atoms in total. The molecule has 0 unspecified atom stereocenters. The first kappa shape index (κ1) is 17.4. The zero-order chi connectivity index (χ0) is 18.8. The molecule has 0 atom stereocenters. The topological polar surface area (TPSA) is 61.0 Å². The number of rotatable bonds is 5. The van der Waals surface area contributed by atoms with Gasteiger partial charge in [-0.1, -0.05) is 11.6 Å². The van der Waals surface area contributed by atoms with E-state index in [1.165, 1.54) is 6.07 Å². The van der Waals surface area contributed by atoms with Gasteiger partial charge in [-0.05, 0) is 56.1 Å². The van der Waals surface area contributed by atoms with Crippen LogP contribution in [0.4, 0.5) is 4.39 Å². The lowest BCUT2D eigenvalue weighted by molar-refractivity contribution is -0.133. The van der Waals surface area contributed by atoms with Crippen LogP contribution in [0.15, 0.2) is 12.1 Å². The standard InChI is InChI=1S/C20H24ClFN4O/c1-19(4-5-19)25-16(27)9-26-10-20(11-26)7-12(8-20)6-15-23-17-13(21)2-3-14(22)18(17)24-15/h2-3,12H,4-11H2,1H3,(H,23,24)(H,25,27). The molecule has 1 aliphatic heterocycles. The lowest BCUT2D eigenvalue weighted by Crippen LogP contribution is -2.64. The van der Waals surface area contributed by atoms with Crippen molar-refractivity contribution in [1.29, 1.82) is 0 Å². The number of fused-ring (bicyclic) bond motifs is 1. The smallest absolute Gasteiger partial charge is 0.234 e. The Labute approximate surface area is 162 Å². The van der Waals surface area contributed by atoms with Crippen LogP contribution in [0.25, 0.3) is 11.0 Å². The minimum Gasteiger partial charge on any atom is -0.350 e. The summed E-state index contributed by atoms with van der Waals surface area (Å²) < 4.78 is 13.9. The van der Waals surface area contributed by atoms with Crippen LogP contribution in [0.1, 0.15) is 38.4 Å². The molecule has 3 aliphatic rings. The maximum Gasteiger partial charge on any atom is 0.234 e. The number of H-pyrrole nitrogens is 1. The van der Waals surface area contributed by atoms with Crippen molar-refractivity contribution >= 4 is 28.5 Å². The number of amides is 1. The zero-order valence-corrected chi connectivity index (χ0v) is 16.2. The monoisotopic (exact) mass is 390 g/mol. The third kappa shape index (κ3) is 3.23. The molecule has 1 aromatic heterocycles. The average molecular weight is 391 g/mol. The first-order chi connectivity index (χ1) is 12.8. The number of nitrogens with zero attached hydrogens (tertiary/aromatic N) is 2. The molecule has 144 valence electrons. The minimum absolute atomic E-state index is 0.0656. The van der Waals surface area contributed by atoms with Gasteiger partial charge in [0.15, 0.2) is 5.82 Å². The Kier molecular flexibility index (Phi) is 3.82. The van der Waals surface area contributed by atoms with E-state index in [1.54, 1.807) is 6.07 Å². The van der Waals surface area contributed by atoms with Gasteiger partial charge in [-0.25, -0.2) is 9.37 Å². The van der Waals surface area contributed by atoms with Crippen molar-refractivity contribution in [3.8, 4) is 0 Å². The molecule has 27 heavy (non-hydrogen) atoms. The predicted molar refractivity (Wildman–Crippen MR) is 102 cm³/mol. The molecule has 0 bridgehead atoms. The second-order valence-corrected chi connectivity index (χ2v) is 9.58. The summed E-state index contributed by atoms with van der Waals surface area (Å²) in [5, 5.41) is 3.62. The van der Waals surface area contributed by atoms with E-state index >= 15 is 0 Å². The van der Waals surface area contributed by atoms with Crippen molar-refractivity contribution in [2.75, 3.05) is 19.6 Å². The van der Waals surface area contributed by atoms with E-state index in [4.69, 9.17) is 11.6 Å². The molecule has 3 fully saturated rings. The normalized spacial score (nSPS) is 23.2. The van der Waals surface area contributed by atoms with Gasteiger partial charge >= 0.3 is 0 Å². The van der Waals surface area contributed by atoms with Crippen LogP contribution in [0.3, 0.4) is 0 Å². The van der Waals surface area contributed by atoms with Gasteiger partial charge in [-0.15, -0.1) is 0 Å². The maximum absolute atomic E-state index is 13.9. The molecular formula is C20H24ClFN4O. The van der Waals surface area contributed by atoms with E-state index in [-0.39, 0.29) is 17.3 Å². The number of aromatic nitrogens is 2. The van der Waals surface area contributed by atoms with E-state index in [2.05, 4.69) is 27.1 Å². The SMILES string of the molecule is CC1(NC(=O)CN2CC3(CC(Cc4nc5c(F)ccc(Cl)c5[nH]4)C3)C2)CC1. The third-order valence-corrected chi connectivity index (χ3v) is 6.76. The van der Waals surface area contributed by atoms with Crippen molar-refractivity contribution in [2.24, 2.45) is 11.3 Å². The molecule has 0 radical (unpaired) electrons. The van der Waals surface area contributed by atoms with Gasteiger partial charge in [0.25, 0.3) is 0 Å². The number of carbonyl (C=O) groups excluding carboxylic acids is 1. The van der Waals surface area contributed by atoms with Crippen molar-refractivity contribution in [2.45, 2.75) is 44.6 Å². The van der Waals surface area contributed by atoms with Crippen LogP contribution in [0.2, 0.25) is 5.02 Å². The molecule has 1 amide bonds. The highest BCUT2D eigenvalue weighted by Crippen LogP contribution is 2.52. The lowest BCUT2D eigenvalue weighted by atomic mass is 9.57. The van der Waals surface area contributed by atoms with Crippen LogP contribution in [0, 0.1) is 17.2 Å². The molecule has 2 heterocycles. The van der Waals surface area contributed by atoms with Gasteiger partial charge in [0.1, 0.15) is 11.3 Å². The Morgan fingerprint density at radius 3 is 2.81 bits per heavy atom. The number of hydrogen-bond donors (Lipinski definition) is 2. The van der Waals surface area contributed by atoms with E-state index in [0.717, 1.165) is 51.0 Å². The Balaban J connectivity index is 1.12. The summed E-state index contributed by atoms with van der Waals surface area (Å²) in [5.74, 6) is 1.19. The largest absolute Gasteiger partial charge is 0.350 e. The highest BCUT2D eigenvalue weighted by atomic mass is 35.5. The molecule has 1 saturated heterocycles. The number of carbonyl (C=O) groups is 1. The van der Waals surface area contributed by atoms with E-state index in [0.29, 0.717) is 33.9 Å². The minimum atomic E-state index is -0.338. The van der Waals surface area contributed by atoms with Crippen molar-refractivity contribution in [1.82, 2.24) is 20.2 Å². The first-order valence-corrected chi connectivity index (χ1v) is 10.1. The van der Waals surface area contributed by atoms with Gasteiger partial charge in [0, 0.05) is 25.0 Å². The van der Waals surface area contributed by atoms with Gasteiger partial charge in [-0.2, -0.15) is 0 Å². The fourth-order valence-electron chi connectivity index (χ4n) is 4.92. The van der Waals surface area contributed by atoms with Crippen LogP contribution >= 0.6 is 11.6 Å².